The van der Waals surface area contributed by atoms with Crippen LogP contribution in [0.25, 0.3) is 10.9 Å². The maximum atomic E-state index is 13.0. The topological polar surface area (TPSA) is 96.5 Å². The molecule has 0 saturated carbocycles. The van der Waals surface area contributed by atoms with E-state index in [1.807, 2.05) is 65.4 Å². The zero-order valence-corrected chi connectivity index (χ0v) is 17.6. The van der Waals surface area contributed by atoms with Crippen molar-refractivity contribution >= 4 is 28.4 Å². The zero-order chi connectivity index (χ0) is 21.6. The Bertz CT molecular complexity index is 1300. The van der Waals surface area contributed by atoms with E-state index in [4.69, 9.17) is 5.26 Å². The summed E-state index contributed by atoms with van der Waals surface area (Å²) in [6, 6.07) is 19.8. The summed E-state index contributed by atoms with van der Waals surface area (Å²) in [7, 11) is 0. The average Bonchev–Trinajstić information content (AvgIpc) is 3.35. The number of nitrogens with one attached hydrogen (secondary N) is 1. The number of nitriles is 1. The van der Waals surface area contributed by atoms with Gasteiger partial charge in [-0.15, -0.1) is 5.10 Å². The molecule has 0 unspecified atom stereocenters. The third kappa shape index (κ3) is 4.62. The molecule has 0 atom stereocenters. The number of nitrogens with zero attached hydrogens (tertiary/aromatic N) is 4. The maximum absolute atomic E-state index is 13.0. The fourth-order valence-corrected chi connectivity index (χ4v) is 4.38. The Morgan fingerprint density at radius 1 is 1.10 bits per heavy atom. The molecular weight excluding hydrogens is 410 g/mol. The minimum Gasteiger partial charge on any atom is -0.346 e. The van der Waals surface area contributed by atoms with Gasteiger partial charge in [0.05, 0.1) is 18.2 Å². The van der Waals surface area contributed by atoms with Crippen LogP contribution in [0.2, 0.25) is 0 Å². The zero-order valence-electron chi connectivity index (χ0n) is 16.8. The van der Waals surface area contributed by atoms with Crippen LogP contribution in [0.1, 0.15) is 22.3 Å². The number of fused-ring (bicyclic) bond motifs is 1. The molecule has 2 aromatic carbocycles. The molecule has 0 spiro atoms. The number of aryl methyl sites for hydroxylation is 2. The van der Waals surface area contributed by atoms with Crippen molar-refractivity contribution in [3.05, 3.63) is 82.4 Å². The predicted molar refractivity (Wildman–Crippen MR) is 120 cm³/mol. The van der Waals surface area contributed by atoms with Gasteiger partial charge in [-0.2, -0.15) is 5.26 Å². The second-order valence-corrected chi connectivity index (χ2v) is 8.01. The van der Waals surface area contributed by atoms with Crippen molar-refractivity contribution in [3.63, 3.8) is 0 Å². The van der Waals surface area contributed by atoms with Gasteiger partial charge in [0, 0.05) is 35.8 Å². The molecule has 8 heteroatoms. The van der Waals surface area contributed by atoms with Gasteiger partial charge >= 0.3 is 5.69 Å². The number of aromatic amines is 1. The van der Waals surface area contributed by atoms with E-state index in [0.717, 1.165) is 16.5 Å². The van der Waals surface area contributed by atoms with Gasteiger partial charge in [0.25, 0.3) is 0 Å². The molecule has 156 valence electrons. The lowest BCUT2D eigenvalue weighted by Gasteiger charge is -2.05. The summed E-state index contributed by atoms with van der Waals surface area (Å²) in [5.74, 6) is 0.129. The summed E-state index contributed by atoms with van der Waals surface area (Å²) >= 11 is 1.25. The summed E-state index contributed by atoms with van der Waals surface area (Å²) < 4.78 is 3.52. The monoisotopic (exact) mass is 431 g/mol. The molecule has 0 bridgehead atoms. The number of carbonyl (C=O) groups is 1. The number of ketones is 1. The van der Waals surface area contributed by atoms with E-state index in [9.17, 15) is 9.59 Å². The average molecular weight is 432 g/mol. The SMILES string of the molecule is N#CCCn1cc(C(=O)CSc2n[nH]c(=O)n2CCc2ccccc2)c2ccccc21. The molecule has 0 aliphatic rings. The van der Waals surface area contributed by atoms with Gasteiger partial charge < -0.3 is 4.57 Å². The molecule has 0 amide bonds. The number of H-pyrrole nitrogens is 1. The van der Waals surface area contributed by atoms with Crippen molar-refractivity contribution in [1.82, 2.24) is 19.3 Å². The van der Waals surface area contributed by atoms with Gasteiger partial charge in [-0.1, -0.05) is 60.3 Å². The minimum atomic E-state index is -0.279. The van der Waals surface area contributed by atoms with Crippen LogP contribution in [-0.2, 0) is 19.5 Å². The third-order valence-electron chi connectivity index (χ3n) is 5.08. The Hall–Kier alpha value is -3.57. The molecule has 0 fully saturated rings. The largest absolute Gasteiger partial charge is 0.346 e. The molecule has 0 aliphatic carbocycles. The van der Waals surface area contributed by atoms with E-state index >= 15 is 0 Å². The van der Waals surface area contributed by atoms with Crippen LogP contribution in [0.4, 0.5) is 0 Å². The van der Waals surface area contributed by atoms with Crippen LogP contribution >= 0.6 is 11.8 Å². The van der Waals surface area contributed by atoms with Crippen LogP contribution in [0.15, 0.2) is 70.7 Å². The van der Waals surface area contributed by atoms with Gasteiger partial charge in [0.15, 0.2) is 10.9 Å². The van der Waals surface area contributed by atoms with Gasteiger partial charge in [-0.05, 0) is 18.1 Å². The maximum Gasteiger partial charge on any atom is 0.343 e. The fourth-order valence-electron chi connectivity index (χ4n) is 3.53. The Morgan fingerprint density at radius 2 is 1.87 bits per heavy atom. The number of thioether (sulfide) groups is 1. The molecule has 2 aromatic heterocycles. The Morgan fingerprint density at radius 3 is 2.68 bits per heavy atom. The number of Topliss-reactive ketones (excluding diaryl/α,β-unsaturated/α-hetero) is 1. The molecule has 1 N–H and O–H groups in total. The smallest absolute Gasteiger partial charge is 0.343 e. The molecule has 4 aromatic rings. The van der Waals surface area contributed by atoms with Gasteiger partial charge in [0.1, 0.15) is 0 Å². The lowest BCUT2D eigenvalue weighted by atomic mass is 10.1. The highest BCUT2D eigenvalue weighted by Crippen LogP contribution is 2.24. The van der Waals surface area contributed by atoms with Gasteiger partial charge in [-0.25, -0.2) is 9.89 Å². The van der Waals surface area contributed by atoms with Crippen molar-refractivity contribution < 1.29 is 4.79 Å². The molecule has 0 radical (unpaired) electrons. The quantitative estimate of drug-likeness (QED) is 0.322. The van der Waals surface area contributed by atoms with Gasteiger partial charge in [0.2, 0.25) is 0 Å². The van der Waals surface area contributed by atoms with Crippen molar-refractivity contribution in [2.24, 2.45) is 0 Å². The molecule has 2 heterocycles. The molecule has 0 saturated heterocycles. The number of hydrogen-bond donors (Lipinski definition) is 1. The van der Waals surface area contributed by atoms with Crippen molar-refractivity contribution in [2.75, 3.05) is 5.75 Å². The summed E-state index contributed by atoms with van der Waals surface area (Å²) in [5, 5.41) is 16.9. The summed E-state index contributed by atoms with van der Waals surface area (Å²) in [4.78, 5) is 25.2. The van der Waals surface area contributed by atoms with Gasteiger partial charge in [-0.3, -0.25) is 9.36 Å². The first-order chi connectivity index (χ1) is 15.2. The number of benzene rings is 2. The van der Waals surface area contributed by atoms with Crippen LogP contribution in [-0.4, -0.2) is 30.9 Å². The van der Waals surface area contributed by atoms with Crippen molar-refractivity contribution in [3.8, 4) is 6.07 Å². The third-order valence-corrected chi connectivity index (χ3v) is 6.05. The Kier molecular flexibility index (Phi) is 6.34. The Labute approximate surface area is 183 Å². The molecular formula is C23H21N5O2S. The number of carbonyl (C=O) groups excluding carboxylic acids is 1. The van der Waals surface area contributed by atoms with E-state index < -0.39 is 0 Å². The lowest BCUT2D eigenvalue weighted by Crippen LogP contribution is -2.19. The van der Waals surface area contributed by atoms with Crippen molar-refractivity contribution in [2.45, 2.75) is 31.1 Å². The lowest BCUT2D eigenvalue weighted by molar-refractivity contribution is 0.102. The second-order valence-electron chi connectivity index (χ2n) is 7.07. The number of aromatic nitrogens is 4. The molecule has 0 aliphatic heterocycles. The van der Waals surface area contributed by atoms with E-state index in [-0.39, 0.29) is 17.2 Å². The summed E-state index contributed by atoms with van der Waals surface area (Å²) in [6.07, 6.45) is 2.90. The predicted octanol–water partition coefficient (Wildman–Crippen LogP) is 3.66. The summed E-state index contributed by atoms with van der Waals surface area (Å²) in [6.45, 7) is 1.03. The normalized spacial score (nSPS) is 10.9. The van der Waals surface area contributed by atoms with Crippen molar-refractivity contribution in [1.29, 1.82) is 5.26 Å². The number of hydrogen-bond acceptors (Lipinski definition) is 5. The van der Waals surface area contributed by atoms with E-state index in [2.05, 4.69) is 16.3 Å². The highest BCUT2D eigenvalue weighted by molar-refractivity contribution is 7.99. The minimum absolute atomic E-state index is 0.0398. The van der Waals surface area contributed by atoms with E-state index in [1.165, 1.54) is 11.8 Å². The van der Waals surface area contributed by atoms with Crippen LogP contribution in [0, 0.1) is 11.3 Å². The summed E-state index contributed by atoms with van der Waals surface area (Å²) in [5.41, 5.74) is 2.41. The highest BCUT2D eigenvalue weighted by Gasteiger charge is 2.17. The molecule has 4 rings (SSSR count). The first-order valence-electron chi connectivity index (χ1n) is 9.97. The fraction of sp³-hybridized carbons (Fsp3) is 0.217. The first-order valence-corrected chi connectivity index (χ1v) is 11.0. The van der Waals surface area contributed by atoms with Crippen LogP contribution in [0.3, 0.4) is 0 Å². The van der Waals surface area contributed by atoms with Crippen LogP contribution in [0.5, 0.6) is 0 Å². The van der Waals surface area contributed by atoms with E-state index in [1.54, 1.807) is 4.57 Å². The van der Waals surface area contributed by atoms with Crippen LogP contribution < -0.4 is 5.69 Å². The van der Waals surface area contributed by atoms with E-state index in [0.29, 0.717) is 36.7 Å². The first kappa shape index (κ1) is 20.7. The second kappa shape index (κ2) is 9.49. The highest BCUT2D eigenvalue weighted by atomic mass is 32.2. The Balaban J connectivity index is 1.49. The molecule has 31 heavy (non-hydrogen) atoms. The standard InChI is InChI=1S/C23H21N5O2S/c24-12-6-13-27-15-19(18-9-4-5-10-20(18)27)21(29)16-31-23-26-25-22(30)28(23)14-11-17-7-2-1-3-8-17/h1-5,7-10,15H,6,11,13-14,16H2,(H,25,30). The number of rotatable bonds is 9. The number of para-hydroxylation sites is 1. The molecule has 7 nitrogen and oxygen atoms in total.